The number of furan rings is 2. The van der Waals surface area contributed by atoms with E-state index in [1.54, 1.807) is 18.6 Å². The average molecular weight is 417 g/mol. The molecule has 0 unspecified atom stereocenters. The Hall–Kier alpha value is -3.74. The predicted molar refractivity (Wildman–Crippen MR) is 115 cm³/mol. The lowest BCUT2D eigenvalue weighted by Crippen LogP contribution is -2.41. The molecule has 0 fully saturated rings. The Balaban J connectivity index is 1.54. The fourth-order valence-corrected chi connectivity index (χ4v) is 4.33. The van der Waals surface area contributed by atoms with E-state index in [2.05, 4.69) is 10.6 Å². The molecular weight excluding hydrogens is 394 g/mol. The van der Waals surface area contributed by atoms with Crippen LogP contribution in [0, 0.1) is 0 Å². The van der Waals surface area contributed by atoms with Gasteiger partial charge in [0, 0.05) is 17.7 Å². The van der Waals surface area contributed by atoms with E-state index < -0.39 is 6.04 Å². The van der Waals surface area contributed by atoms with E-state index in [0.717, 1.165) is 29.9 Å². The lowest BCUT2D eigenvalue weighted by molar-refractivity contribution is -0.120. The quantitative estimate of drug-likeness (QED) is 0.648. The number of ketones is 1. The summed E-state index contributed by atoms with van der Waals surface area (Å²) in [6.07, 6.45) is 5.26. The van der Waals surface area contributed by atoms with Crippen molar-refractivity contribution in [1.29, 1.82) is 0 Å². The molecule has 0 radical (unpaired) electrons. The van der Waals surface area contributed by atoms with E-state index in [1.807, 2.05) is 47.4 Å². The van der Waals surface area contributed by atoms with Gasteiger partial charge in [-0.3, -0.25) is 9.59 Å². The number of carbonyl (C=O) groups is 2. The van der Waals surface area contributed by atoms with Gasteiger partial charge in [0.15, 0.2) is 5.78 Å². The average Bonchev–Trinajstić information content (AvgIpc) is 3.46. The third-order valence-electron chi connectivity index (χ3n) is 5.71. The number of carbonyl (C=O) groups excluding carboxylic acids is 2. The fraction of sp³-hybridized carbons (Fsp3) is 0.250. The number of nitrogens with zero attached hydrogens (tertiary/aromatic N) is 1. The second kappa shape index (κ2) is 8.18. The molecule has 31 heavy (non-hydrogen) atoms. The maximum Gasteiger partial charge on any atom is 0.239 e. The molecule has 2 aliphatic rings. The van der Waals surface area contributed by atoms with Gasteiger partial charge in [-0.15, -0.1) is 0 Å². The number of hydrogen-bond donors (Lipinski definition) is 2. The third kappa shape index (κ3) is 3.74. The molecule has 1 aliphatic carbocycles. The minimum Gasteiger partial charge on any atom is -0.467 e. The minimum atomic E-state index is -0.483. The van der Waals surface area contributed by atoms with Crippen molar-refractivity contribution in [2.24, 2.45) is 0 Å². The third-order valence-corrected chi connectivity index (χ3v) is 5.71. The molecule has 5 rings (SSSR count). The van der Waals surface area contributed by atoms with E-state index in [9.17, 15) is 9.59 Å². The van der Waals surface area contributed by atoms with Crippen LogP contribution < -0.4 is 15.5 Å². The van der Waals surface area contributed by atoms with Crippen molar-refractivity contribution in [3.8, 4) is 0 Å². The van der Waals surface area contributed by atoms with Crippen LogP contribution in [0.4, 0.5) is 11.4 Å². The van der Waals surface area contributed by atoms with Crippen molar-refractivity contribution in [3.63, 3.8) is 0 Å². The van der Waals surface area contributed by atoms with Crippen molar-refractivity contribution < 1.29 is 18.4 Å². The molecule has 3 heterocycles. The van der Waals surface area contributed by atoms with Crippen LogP contribution in [0.3, 0.4) is 0 Å². The Kier molecular flexibility index (Phi) is 5.08. The van der Waals surface area contributed by atoms with E-state index in [0.29, 0.717) is 30.1 Å². The number of hydrogen-bond acceptors (Lipinski definition) is 6. The normalized spacial score (nSPS) is 18.1. The van der Waals surface area contributed by atoms with Gasteiger partial charge >= 0.3 is 0 Å². The second-order valence-electron chi connectivity index (χ2n) is 7.71. The van der Waals surface area contributed by atoms with Gasteiger partial charge in [-0.05, 0) is 49.2 Å². The Morgan fingerprint density at radius 2 is 1.90 bits per heavy atom. The summed E-state index contributed by atoms with van der Waals surface area (Å²) in [6, 6.07) is 14.6. The Morgan fingerprint density at radius 1 is 1.06 bits per heavy atom. The molecule has 0 spiro atoms. The number of fused-ring (bicyclic) bond motifs is 1. The summed E-state index contributed by atoms with van der Waals surface area (Å²) in [7, 11) is 0. The van der Waals surface area contributed by atoms with Crippen molar-refractivity contribution in [2.75, 3.05) is 16.8 Å². The Morgan fingerprint density at radius 3 is 2.71 bits per heavy atom. The van der Waals surface area contributed by atoms with Gasteiger partial charge in [0.05, 0.1) is 37.0 Å². The van der Waals surface area contributed by atoms with Crippen molar-refractivity contribution in [2.45, 2.75) is 31.8 Å². The minimum absolute atomic E-state index is 0.0643. The van der Waals surface area contributed by atoms with Crippen LogP contribution in [0.2, 0.25) is 0 Å². The van der Waals surface area contributed by atoms with Gasteiger partial charge in [0.1, 0.15) is 17.6 Å². The van der Waals surface area contributed by atoms with Crippen LogP contribution in [0.15, 0.2) is 81.2 Å². The fourth-order valence-electron chi connectivity index (χ4n) is 4.33. The standard InChI is InChI=1S/C24H23N3O4/c28-20-10-3-8-18-23(20)24(21-11-5-13-31-21)27(19-9-2-1-7-17(19)26-18)15-22(29)25-14-16-6-4-12-30-16/h1-2,4-7,9,11-13,24,26H,3,8,10,14-15H2,(H,25,29)/t24-/m0/s1. The SMILES string of the molecule is O=C(CN1c2ccccc2NC2=C(C(=O)CCC2)[C@@H]1c1ccco1)NCc1ccco1. The molecule has 3 aromatic rings. The highest BCUT2D eigenvalue weighted by molar-refractivity contribution is 6.01. The maximum atomic E-state index is 13.1. The number of anilines is 2. The highest BCUT2D eigenvalue weighted by Crippen LogP contribution is 2.44. The first-order chi connectivity index (χ1) is 15.2. The Bertz CT molecular complexity index is 1120. The molecule has 0 saturated heterocycles. The molecule has 2 aromatic heterocycles. The summed E-state index contributed by atoms with van der Waals surface area (Å²) in [5.41, 5.74) is 3.30. The van der Waals surface area contributed by atoms with E-state index in [4.69, 9.17) is 8.83 Å². The topological polar surface area (TPSA) is 87.7 Å². The van der Waals surface area contributed by atoms with Crippen molar-refractivity contribution >= 4 is 23.1 Å². The van der Waals surface area contributed by atoms with Crippen LogP contribution in [-0.2, 0) is 16.1 Å². The van der Waals surface area contributed by atoms with Crippen LogP contribution in [0.25, 0.3) is 0 Å². The zero-order valence-corrected chi connectivity index (χ0v) is 17.0. The number of amides is 1. The molecular formula is C24H23N3O4. The molecule has 1 atom stereocenters. The van der Waals surface area contributed by atoms with Crippen LogP contribution in [0.5, 0.6) is 0 Å². The van der Waals surface area contributed by atoms with Crippen molar-refractivity contribution in [3.05, 3.63) is 83.8 Å². The first kappa shape index (κ1) is 19.2. The number of nitrogens with one attached hydrogen (secondary N) is 2. The zero-order valence-electron chi connectivity index (χ0n) is 17.0. The lowest BCUT2D eigenvalue weighted by Gasteiger charge is -2.33. The molecule has 2 N–H and O–H groups in total. The van der Waals surface area contributed by atoms with E-state index >= 15 is 0 Å². The number of para-hydroxylation sites is 2. The summed E-state index contributed by atoms with van der Waals surface area (Å²) in [5, 5.41) is 6.38. The molecule has 1 aromatic carbocycles. The number of Topliss-reactive ketones (excluding diaryl/α,β-unsaturated/α-hetero) is 1. The van der Waals surface area contributed by atoms with E-state index in [-0.39, 0.29) is 18.2 Å². The predicted octanol–water partition coefficient (Wildman–Crippen LogP) is 4.17. The highest BCUT2D eigenvalue weighted by atomic mass is 16.3. The lowest BCUT2D eigenvalue weighted by atomic mass is 9.88. The van der Waals surface area contributed by atoms with Crippen LogP contribution in [-0.4, -0.2) is 18.2 Å². The molecule has 0 bridgehead atoms. The largest absolute Gasteiger partial charge is 0.467 e. The first-order valence-corrected chi connectivity index (χ1v) is 10.4. The highest BCUT2D eigenvalue weighted by Gasteiger charge is 2.38. The van der Waals surface area contributed by atoms with Gasteiger partial charge in [-0.2, -0.15) is 0 Å². The zero-order chi connectivity index (χ0) is 21.2. The van der Waals surface area contributed by atoms with Crippen LogP contribution in [0.1, 0.15) is 36.8 Å². The number of benzene rings is 1. The van der Waals surface area contributed by atoms with Gasteiger partial charge in [-0.25, -0.2) is 0 Å². The van der Waals surface area contributed by atoms with Crippen molar-refractivity contribution in [1.82, 2.24) is 5.32 Å². The summed E-state index contributed by atoms with van der Waals surface area (Å²) in [4.78, 5) is 28.0. The number of allylic oxidation sites excluding steroid dienone is 1. The van der Waals surface area contributed by atoms with Gasteiger partial charge < -0.3 is 24.4 Å². The molecule has 0 saturated carbocycles. The van der Waals surface area contributed by atoms with Gasteiger partial charge in [-0.1, -0.05) is 12.1 Å². The van der Waals surface area contributed by atoms with Crippen LogP contribution >= 0.6 is 0 Å². The molecule has 1 aliphatic heterocycles. The van der Waals surface area contributed by atoms with Gasteiger partial charge in [0.2, 0.25) is 5.91 Å². The molecule has 7 nitrogen and oxygen atoms in total. The monoisotopic (exact) mass is 417 g/mol. The smallest absolute Gasteiger partial charge is 0.239 e. The summed E-state index contributed by atoms with van der Waals surface area (Å²) in [6.45, 7) is 0.368. The summed E-state index contributed by atoms with van der Waals surface area (Å²) in [5.74, 6) is 1.24. The molecule has 7 heteroatoms. The summed E-state index contributed by atoms with van der Waals surface area (Å²) >= 11 is 0. The number of rotatable bonds is 5. The van der Waals surface area contributed by atoms with Gasteiger partial charge in [0.25, 0.3) is 0 Å². The van der Waals surface area contributed by atoms with E-state index in [1.165, 1.54) is 0 Å². The Labute approximate surface area is 179 Å². The maximum absolute atomic E-state index is 13.1. The molecule has 1 amide bonds. The summed E-state index contributed by atoms with van der Waals surface area (Å²) < 4.78 is 11.1. The second-order valence-corrected chi connectivity index (χ2v) is 7.71. The first-order valence-electron chi connectivity index (χ1n) is 10.4. The molecule has 158 valence electrons.